The molecule has 0 aliphatic heterocycles. The summed E-state index contributed by atoms with van der Waals surface area (Å²) in [6.07, 6.45) is -0.410. The van der Waals surface area contributed by atoms with Crippen LogP contribution in [0.5, 0.6) is 0 Å². The summed E-state index contributed by atoms with van der Waals surface area (Å²) >= 11 is 5.12. The maximum Gasteiger partial charge on any atom is 0.0900 e. The molecule has 0 saturated heterocycles. The van der Waals surface area contributed by atoms with Gasteiger partial charge in [-0.1, -0.05) is 0 Å². The maximum absolute atomic E-state index is 9.66. The lowest BCUT2D eigenvalue weighted by atomic mass is 10.3. The highest BCUT2D eigenvalue weighted by molar-refractivity contribution is 9.11. The smallest absolute Gasteiger partial charge is 0.0900 e. The van der Waals surface area contributed by atoms with Crippen molar-refractivity contribution in [2.75, 3.05) is 26.8 Å². The van der Waals surface area contributed by atoms with E-state index in [2.05, 4.69) is 32.3 Å². The van der Waals surface area contributed by atoms with Crippen molar-refractivity contribution in [1.29, 1.82) is 0 Å². The zero-order chi connectivity index (χ0) is 12.0. The monoisotopic (exact) mass is 307 g/mol. The van der Waals surface area contributed by atoms with Gasteiger partial charge in [0.05, 0.1) is 16.5 Å². The third-order valence-electron chi connectivity index (χ3n) is 2.11. The predicted octanol–water partition coefficient (Wildman–Crippen LogP) is 2.34. The Labute approximate surface area is 109 Å². The number of aliphatic hydroxyl groups is 1. The fourth-order valence-electron chi connectivity index (χ4n) is 1.47. The Kier molecular flexibility index (Phi) is 6.53. The summed E-state index contributed by atoms with van der Waals surface area (Å²) in [5, 5.41) is 11.8. The van der Waals surface area contributed by atoms with Crippen LogP contribution in [0.15, 0.2) is 15.2 Å². The van der Waals surface area contributed by atoms with Crippen LogP contribution < -0.4 is 0 Å². The first-order valence-electron chi connectivity index (χ1n) is 5.29. The van der Waals surface area contributed by atoms with Gasteiger partial charge in [-0.05, 0) is 46.9 Å². The van der Waals surface area contributed by atoms with Gasteiger partial charge in [0.25, 0.3) is 0 Å². The molecule has 1 N–H and O–H groups in total. The van der Waals surface area contributed by atoms with Crippen molar-refractivity contribution >= 4 is 27.3 Å². The van der Waals surface area contributed by atoms with Crippen LogP contribution in [0.4, 0.5) is 0 Å². The number of thiophene rings is 1. The van der Waals surface area contributed by atoms with Crippen LogP contribution in [0.25, 0.3) is 0 Å². The Hall–Kier alpha value is 0.0600. The molecule has 0 fully saturated rings. The SMILES string of the molecule is CCOCC(O)CN(C)Cc1csc(Br)c1. The minimum atomic E-state index is -0.410. The molecule has 0 spiro atoms. The second-order valence-electron chi connectivity index (χ2n) is 3.77. The van der Waals surface area contributed by atoms with E-state index >= 15 is 0 Å². The molecule has 0 aliphatic rings. The zero-order valence-corrected chi connectivity index (χ0v) is 12.1. The average Bonchev–Trinajstić information content (AvgIpc) is 2.60. The van der Waals surface area contributed by atoms with Crippen molar-refractivity contribution in [3.8, 4) is 0 Å². The van der Waals surface area contributed by atoms with Crippen molar-refractivity contribution in [2.24, 2.45) is 0 Å². The van der Waals surface area contributed by atoms with Gasteiger partial charge in [-0.2, -0.15) is 0 Å². The van der Waals surface area contributed by atoms with Crippen LogP contribution in [0.2, 0.25) is 0 Å². The first-order chi connectivity index (χ1) is 7.61. The summed E-state index contributed by atoms with van der Waals surface area (Å²) in [4.78, 5) is 2.10. The number of nitrogens with zero attached hydrogens (tertiary/aromatic N) is 1. The standard InChI is InChI=1S/C11H18BrNO2S/c1-3-15-7-10(14)6-13(2)5-9-4-11(12)16-8-9/h4,8,10,14H,3,5-7H2,1-2H3. The number of hydrogen-bond donors (Lipinski definition) is 1. The first kappa shape index (κ1) is 14.1. The lowest BCUT2D eigenvalue weighted by Gasteiger charge is -2.19. The molecule has 0 bridgehead atoms. The van der Waals surface area contributed by atoms with E-state index in [1.54, 1.807) is 11.3 Å². The fraction of sp³-hybridized carbons (Fsp3) is 0.636. The largest absolute Gasteiger partial charge is 0.389 e. The van der Waals surface area contributed by atoms with Gasteiger partial charge in [0.1, 0.15) is 0 Å². The summed E-state index contributed by atoms with van der Waals surface area (Å²) < 4.78 is 6.31. The lowest BCUT2D eigenvalue weighted by molar-refractivity contribution is 0.0244. The van der Waals surface area contributed by atoms with Gasteiger partial charge < -0.3 is 9.84 Å². The number of hydrogen-bond acceptors (Lipinski definition) is 4. The number of likely N-dealkylation sites (N-methyl/N-ethyl adjacent to an activating group) is 1. The van der Waals surface area contributed by atoms with Crippen LogP contribution in [-0.4, -0.2) is 42.9 Å². The zero-order valence-electron chi connectivity index (χ0n) is 9.65. The van der Waals surface area contributed by atoms with Gasteiger partial charge in [0.2, 0.25) is 0 Å². The summed E-state index contributed by atoms with van der Waals surface area (Å²) in [6.45, 7) is 4.48. The Morgan fingerprint density at radius 1 is 1.62 bits per heavy atom. The molecule has 0 radical (unpaired) electrons. The van der Waals surface area contributed by atoms with E-state index in [1.165, 1.54) is 5.56 Å². The maximum atomic E-state index is 9.66. The van der Waals surface area contributed by atoms with E-state index < -0.39 is 6.10 Å². The number of aliphatic hydroxyl groups excluding tert-OH is 1. The van der Waals surface area contributed by atoms with Gasteiger partial charge in [-0.25, -0.2) is 0 Å². The van der Waals surface area contributed by atoms with Crippen LogP contribution in [0.1, 0.15) is 12.5 Å². The second kappa shape index (κ2) is 7.40. The second-order valence-corrected chi connectivity index (χ2v) is 6.06. The van der Waals surface area contributed by atoms with Crippen molar-refractivity contribution < 1.29 is 9.84 Å². The Bertz CT molecular complexity index is 306. The predicted molar refractivity (Wildman–Crippen MR) is 70.9 cm³/mol. The molecule has 0 amide bonds. The molecule has 0 saturated carbocycles. The molecular weight excluding hydrogens is 290 g/mol. The third-order valence-corrected chi connectivity index (χ3v) is 3.66. The molecule has 1 aromatic rings. The molecule has 1 heterocycles. The third kappa shape index (κ3) is 5.41. The van der Waals surface area contributed by atoms with Gasteiger partial charge in [-0.3, -0.25) is 4.90 Å². The highest BCUT2D eigenvalue weighted by atomic mass is 79.9. The molecule has 0 aromatic carbocycles. The quantitative estimate of drug-likeness (QED) is 0.839. The van der Waals surface area contributed by atoms with E-state index in [0.717, 1.165) is 10.3 Å². The summed E-state index contributed by atoms with van der Waals surface area (Å²) in [5.41, 5.74) is 1.27. The molecule has 1 unspecified atom stereocenters. The number of rotatable bonds is 7. The van der Waals surface area contributed by atoms with E-state index in [1.807, 2.05) is 14.0 Å². The van der Waals surface area contributed by atoms with E-state index in [-0.39, 0.29) is 0 Å². The Balaban J connectivity index is 2.27. The van der Waals surface area contributed by atoms with Gasteiger partial charge in [0.15, 0.2) is 0 Å². The minimum Gasteiger partial charge on any atom is -0.389 e. The molecule has 16 heavy (non-hydrogen) atoms. The summed E-state index contributed by atoms with van der Waals surface area (Å²) in [5.74, 6) is 0. The normalized spacial score (nSPS) is 13.3. The first-order valence-corrected chi connectivity index (χ1v) is 6.96. The van der Waals surface area contributed by atoms with Crippen molar-refractivity contribution in [3.63, 3.8) is 0 Å². The topological polar surface area (TPSA) is 32.7 Å². The molecular formula is C11H18BrNO2S. The average molecular weight is 308 g/mol. The molecule has 1 aromatic heterocycles. The molecule has 5 heteroatoms. The highest BCUT2D eigenvalue weighted by Crippen LogP contribution is 2.21. The number of ether oxygens (including phenoxy) is 1. The van der Waals surface area contributed by atoms with E-state index in [4.69, 9.17) is 4.74 Å². The van der Waals surface area contributed by atoms with Crippen molar-refractivity contribution in [2.45, 2.75) is 19.6 Å². The molecule has 1 rings (SSSR count). The van der Waals surface area contributed by atoms with Crippen LogP contribution in [0, 0.1) is 0 Å². The van der Waals surface area contributed by atoms with Gasteiger partial charge in [-0.15, -0.1) is 11.3 Å². The Morgan fingerprint density at radius 2 is 2.38 bits per heavy atom. The fourth-order valence-corrected chi connectivity index (χ4v) is 2.67. The van der Waals surface area contributed by atoms with Gasteiger partial charge >= 0.3 is 0 Å². The lowest BCUT2D eigenvalue weighted by Crippen LogP contribution is -2.31. The summed E-state index contributed by atoms with van der Waals surface area (Å²) in [7, 11) is 2.00. The van der Waals surface area contributed by atoms with Crippen molar-refractivity contribution in [1.82, 2.24) is 4.90 Å². The molecule has 92 valence electrons. The van der Waals surface area contributed by atoms with E-state index in [0.29, 0.717) is 19.8 Å². The molecule has 3 nitrogen and oxygen atoms in total. The number of halogens is 1. The van der Waals surface area contributed by atoms with Crippen LogP contribution >= 0.6 is 27.3 Å². The minimum absolute atomic E-state index is 0.410. The Morgan fingerprint density at radius 3 is 2.94 bits per heavy atom. The van der Waals surface area contributed by atoms with Crippen molar-refractivity contribution in [3.05, 3.63) is 20.8 Å². The van der Waals surface area contributed by atoms with E-state index in [9.17, 15) is 5.11 Å². The van der Waals surface area contributed by atoms with Crippen LogP contribution in [-0.2, 0) is 11.3 Å². The highest BCUT2D eigenvalue weighted by Gasteiger charge is 2.09. The van der Waals surface area contributed by atoms with Crippen LogP contribution in [0.3, 0.4) is 0 Å². The summed E-state index contributed by atoms with van der Waals surface area (Å²) in [6, 6.07) is 2.11. The van der Waals surface area contributed by atoms with Gasteiger partial charge in [0, 0.05) is 19.7 Å². The molecule has 0 aliphatic carbocycles. The molecule has 1 atom stereocenters.